The Labute approximate surface area is 383 Å². The van der Waals surface area contributed by atoms with Crippen molar-refractivity contribution in [1.82, 2.24) is 9.13 Å². The standard InChI is InChI=1S/C60H39BN2O2Si/c1-4-20-41(21-5-1)66(42-22-6-2-7-23-42,43-24-8-3-9-25-43)57-39-54(59-58-60(57)65-56-35-19-14-30-49(56)61(58)48-29-13-18-34-55(48)64-59)63-52-33-17-12-28-46(52)47-38-40(36-37-53(47)63)62-50-31-15-10-26-44(50)45-27-11-16-32-51(45)62/h1-39H. The van der Waals surface area contributed by atoms with E-state index < -0.39 is 8.07 Å². The summed E-state index contributed by atoms with van der Waals surface area (Å²) in [5, 5.41) is 9.84. The van der Waals surface area contributed by atoms with Crippen molar-refractivity contribution in [3.63, 3.8) is 0 Å². The van der Waals surface area contributed by atoms with Crippen LogP contribution in [0.2, 0.25) is 0 Å². The average molecular weight is 859 g/mol. The highest BCUT2D eigenvalue weighted by Crippen LogP contribution is 2.43. The molecule has 0 spiro atoms. The van der Waals surface area contributed by atoms with Gasteiger partial charge in [-0.2, -0.15) is 0 Å². The molecule has 2 aliphatic rings. The second kappa shape index (κ2) is 14.3. The van der Waals surface area contributed by atoms with E-state index >= 15 is 0 Å². The van der Waals surface area contributed by atoms with E-state index in [0.29, 0.717) is 0 Å². The molecule has 0 aliphatic carbocycles. The highest BCUT2D eigenvalue weighted by Gasteiger charge is 2.49. The Morgan fingerprint density at radius 2 is 0.773 bits per heavy atom. The molecule has 10 aromatic carbocycles. The molecule has 0 fully saturated rings. The van der Waals surface area contributed by atoms with E-state index in [0.717, 1.165) is 61.8 Å². The van der Waals surface area contributed by atoms with Crippen LogP contribution in [0.15, 0.2) is 237 Å². The van der Waals surface area contributed by atoms with Gasteiger partial charge >= 0.3 is 0 Å². The summed E-state index contributed by atoms with van der Waals surface area (Å²) >= 11 is 0. The highest BCUT2D eigenvalue weighted by molar-refractivity contribution is 7.20. The third-order valence-electron chi connectivity index (χ3n) is 14.2. The number of hydrogen-bond donors (Lipinski definition) is 0. The maximum Gasteiger partial charge on any atom is 0.260 e. The van der Waals surface area contributed by atoms with Gasteiger partial charge in [-0.1, -0.05) is 182 Å². The Hall–Kier alpha value is -8.32. The minimum Gasteiger partial charge on any atom is -0.458 e. The average Bonchev–Trinajstić information content (AvgIpc) is 3.90. The van der Waals surface area contributed by atoms with Gasteiger partial charge in [0.05, 0.1) is 27.8 Å². The zero-order valence-corrected chi connectivity index (χ0v) is 36.8. The molecule has 2 aromatic heterocycles. The molecule has 0 bridgehead atoms. The molecule has 66 heavy (non-hydrogen) atoms. The summed E-state index contributed by atoms with van der Waals surface area (Å²) in [5.74, 6) is 3.43. The van der Waals surface area contributed by atoms with Crippen molar-refractivity contribution in [2.75, 3.05) is 0 Å². The van der Waals surface area contributed by atoms with Crippen molar-refractivity contribution in [3.8, 4) is 34.4 Å². The number of hydrogen-bond acceptors (Lipinski definition) is 2. The summed E-state index contributed by atoms with van der Waals surface area (Å²) < 4.78 is 19.7. The maximum atomic E-state index is 7.46. The topological polar surface area (TPSA) is 28.3 Å². The number of aromatic nitrogens is 2. The third kappa shape index (κ3) is 5.16. The summed E-state index contributed by atoms with van der Waals surface area (Å²) in [6.07, 6.45) is 0. The molecule has 6 heteroatoms. The fraction of sp³-hybridized carbons (Fsp3) is 0. The first-order valence-electron chi connectivity index (χ1n) is 22.7. The monoisotopic (exact) mass is 858 g/mol. The van der Waals surface area contributed by atoms with E-state index in [4.69, 9.17) is 9.47 Å². The molecule has 2 aliphatic heterocycles. The third-order valence-corrected chi connectivity index (χ3v) is 19.0. The molecule has 0 N–H and O–H groups in total. The van der Waals surface area contributed by atoms with Gasteiger partial charge in [-0.05, 0) is 86.3 Å². The quantitative estimate of drug-likeness (QED) is 0.123. The van der Waals surface area contributed by atoms with E-state index in [9.17, 15) is 0 Å². The van der Waals surface area contributed by atoms with Gasteiger partial charge in [-0.3, -0.25) is 0 Å². The van der Waals surface area contributed by atoms with Crippen LogP contribution in [0, 0.1) is 0 Å². The summed E-state index contributed by atoms with van der Waals surface area (Å²) in [7, 11) is -3.21. The molecule has 0 amide bonds. The number of fused-ring (bicyclic) bond motifs is 10. The Kier molecular flexibility index (Phi) is 8.06. The molecule has 0 saturated carbocycles. The first kappa shape index (κ1) is 37.1. The Morgan fingerprint density at radius 1 is 0.348 bits per heavy atom. The Balaban J connectivity index is 1.14. The van der Waals surface area contributed by atoms with E-state index in [-0.39, 0.29) is 6.71 Å². The van der Waals surface area contributed by atoms with Crippen molar-refractivity contribution in [3.05, 3.63) is 237 Å². The lowest BCUT2D eigenvalue weighted by atomic mass is 9.35. The number of para-hydroxylation sites is 5. The Bertz CT molecular complexity index is 3740. The summed E-state index contributed by atoms with van der Waals surface area (Å²) in [5.41, 5.74) is 10.0. The second-order valence-electron chi connectivity index (χ2n) is 17.5. The van der Waals surface area contributed by atoms with Gasteiger partial charge in [-0.15, -0.1) is 0 Å². The molecule has 0 saturated heterocycles. The first-order valence-corrected chi connectivity index (χ1v) is 24.7. The van der Waals surface area contributed by atoms with Gasteiger partial charge in [0.25, 0.3) is 6.71 Å². The van der Waals surface area contributed by atoms with E-state index in [1.54, 1.807) is 0 Å². The number of ether oxygens (including phenoxy) is 2. The zero-order valence-electron chi connectivity index (χ0n) is 35.8. The molecule has 12 aromatic rings. The van der Waals surface area contributed by atoms with Crippen molar-refractivity contribution in [2.45, 2.75) is 0 Å². The van der Waals surface area contributed by atoms with Gasteiger partial charge in [0, 0.05) is 32.7 Å². The van der Waals surface area contributed by atoms with Crippen LogP contribution in [0.25, 0.3) is 55.0 Å². The minimum absolute atomic E-state index is 0.132. The summed E-state index contributed by atoms with van der Waals surface area (Å²) in [6.45, 7) is -0.132. The van der Waals surface area contributed by atoms with Crippen LogP contribution in [0.5, 0.6) is 23.0 Å². The summed E-state index contributed by atoms with van der Waals surface area (Å²) in [4.78, 5) is 0. The molecule has 308 valence electrons. The van der Waals surface area contributed by atoms with Crippen LogP contribution in [-0.4, -0.2) is 23.9 Å². The molecule has 4 heterocycles. The highest BCUT2D eigenvalue weighted by atomic mass is 28.3. The van der Waals surface area contributed by atoms with Crippen LogP contribution < -0.4 is 46.6 Å². The largest absolute Gasteiger partial charge is 0.458 e. The van der Waals surface area contributed by atoms with Gasteiger partial charge in [0.1, 0.15) is 23.0 Å². The molecule has 14 rings (SSSR count). The number of benzene rings is 10. The van der Waals surface area contributed by atoms with Crippen molar-refractivity contribution in [1.29, 1.82) is 0 Å². The van der Waals surface area contributed by atoms with E-state index in [2.05, 4.69) is 246 Å². The van der Waals surface area contributed by atoms with Gasteiger partial charge in [-0.25, -0.2) is 0 Å². The molecular formula is C60H39BN2O2Si. The van der Waals surface area contributed by atoms with Crippen molar-refractivity contribution >= 4 is 95.5 Å². The smallest absolute Gasteiger partial charge is 0.260 e. The predicted octanol–water partition coefficient (Wildman–Crippen LogP) is 9.99. The predicted molar refractivity (Wildman–Crippen MR) is 276 cm³/mol. The lowest BCUT2D eigenvalue weighted by molar-refractivity contribution is 0.465. The van der Waals surface area contributed by atoms with Gasteiger partial charge in [0.2, 0.25) is 0 Å². The fourth-order valence-electron chi connectivity index (χ4n) is 11.5. The molecule has 4 nitrogen and oxygen atoms in total. The van der Waals surface area contributed by atoms with Crippen LogP contribution in [-0.2, 0) is 0 Å². The van der Waals surface area contributed by atoms with Crippen LogP contribution in [0.4, 0.5) is 0 Å². The lowest BCUT2D eigenvalue weighted by Crippen LogP contribution is -2.76. The SMILES string of the molecule is c1ccc([Si](c2ccccc2)(c2ccccc2)c2cc(-n3c4ccccc4c4cc(-n5c6ccccc6c6ccccc65)ccc43)c3c4c2Oc2ccccc2B4c2ccccc2O3)cc1. The second-order valence-corrected chi connectivity index (χ2v) is 21.3. The van der Waals surface area contributed by atoms with Crippen LogP contribution >= 0.6 is 0 Å². The van der Waals surface area contributed by atoms with Crippen LogP contribution in [0.1, 0.15) is 0 Å². The molecule has 0 atom stereocenters. The normalized spacial score (nSPS) is 12.8. The molecular weight excluding hydrogens is 820 g/mol. The number of nitrogens with zero attached hydrogens (tertiary/aromatic N) is 2. The summed E-state index contributed by atoms with van der Waals surface area (Å²) in [6, 6.07) is 86.4. The number of rotatable bonds is 6. The van der Waals surface area contributed by atoms with Crippen molar-refractivity contribution < 1.29 is 9.47 Å². The fourth-order valence-corrected chi connectivity index (χ4v) is 16.4. The lowest BCUT2D eigenvalue weighted by Gasteiger charge is -2.40. The van der Waals surface area contributed by atoms with E-state index in [1.165, 1.54) is 53.3 Å². The Morgan fingerprint density at radius 3 is 1.32 bits per heavy atom. The molecule has 0 unspecified atom stereocenters. The van der Waals surface area contributed by atoms with E-state index in [1.807, 2.05) is 0 Å². The first-order chi connectivity index (χ1) is 32.8. The zero-order chi connectivity index (χ0) is 43.3. The van der Waals surface area contributed by atoms with Crippen molar-refractivity contribution in [2.24, 2.45) is 0 Å². The minimum atomic E-state index is -3.21. The molecule has 0 radical (unpaired) electrons. The van der Waals surface area contributed by atoms with Crippen LogP contribution in [0.3, 0.4) is 0 Å². The van der Waals surface area contributed by atoms with Gasteiger partial charge in [0.15, 0.2) is 8.07 Å². The van der Waals surface area contributed by atoms with Gasteiger partial charge < -0.3 is 18.6 Å². The maximum absolute atomic E-state index is 7.46.